The number of carboxylic acids is 1. The minimum atomic E-state index is -1.47. The van der Waals surface area contributed by atoms with Crippen LogP contribution >= 0.6 is 22.9 Å². The second-order valence-electron chi connectivity index (χ2n) is 6.71. The van der Waals surface area contributed by atoms with E-state index in [1.54, 1.807) is 13.2 Å². The minimum Gasteiger partial charge on any atom is -0.478 e. The molecule has 27 heavy (non-hydrogen) atoms. The zero-order valence-electron chi connectivity index (χ0n) is 15.3. The van der Waals surface area contributed by atoms with Crippen molar-refractivity contribution in [2.24, 2.45) is 0 Å². The number of halogens is 1. The number of carboxylic acid groups (broad SMARTS) is 1. The SMILES string of the molecule is COC[C@@H]1CCCN1c1nc(OC(C)(C)C(=O)O)nc(-c2ccc(Cl)s2)n1. The van der Waals surface area contributed by atoms with Crippen LogP contribution in [0.15, 0.2) is 12.1 Å². The molecular weight excluding hydrogens is 392 g/mol. The smallest absolute Gasteiger partial charge is 0.347 e. The molecule has 1 aliphatic heterocycles. The second kappa shape index (κ2) is 7.95. The number of hydrogen-bond acceptors (Lipinski definition) is 8. The molecule has 10 heteroatoms. The molecule has 0 amide bonds. The summed E-state index contributed by atoms with van der Waals surface area (Å²) in [6.07, 6.45) is 1.97. The van der Waals surface area contributed by atoms with Crippen LogP contribution in [0, 0.1) is 0 Å². The molecule has 8 nitrogen and oxygen atoms in total. The Morgan fingerprint density at radius 3 is 2.81 bits per heavy atom. The fourth-order valence-electron chi connectivity index (χ4n) is 2.80. The average molecular weight is 413 g/mol. The Hall–Kier alpha value is -1.97. The number of ether oxygens (including phenoxy) is 2. The van der Waals surface area contributed by atoms with Gasteiger partial charge in [0, 0.05) is 13.7 Å². The first-order chi connectivity index (χ1) is 12.8. The van der Waals surface area contributed by atoms with Gasteiger partial charge in [0.1, 0.15) is 0 Å². The molecule has 3 rings (SSSR count). The van der Waals surface area contributed by atoms with Crippen LogP contribution in [0.1, 0.15) is 26.7 Å². The molecule has 0 aliphatic carbocycles. The maximum Gasteiger partial charge on any atom is 0.347 e. The van der Waals surface area contributed by atoms with Crippen molar-refractivity contribution >= 4 is 34.9 Å². The molecule has 0 bridgehead atoms. The summed E-state index contributed by atoms with van der Waals surface area (Å²) in [5, 5.41) is 9.35. The third kappa shape index (κ3) is 4.48. The Bertz CT molecular complexity index is 829. The van der Waals surface area contributed by atoms with E-state index in [2.05, 4.69) is 15.0 Å². The number of aliphatic carboxylic acids is 1. The van der Waals surface area contributed by atoms with Gasteiger partial charge in [-0.3, -0.25) is 0 Å². The van der Waals surface area contributed by atoms with E-state index in [4.69, 9.17) is 21.1 Å². The van der Waals surface area contributed by atoms with Crippen LogP contribution in [0.5, 0.6) is 6.01 Å². The zero-order valence-corrected chi connectivity index (χ0v) is 16.9. The number of methoxy groups -OCH3 is 1. The van der Waals surface area contributed by atoms with Gasteiger partial charge in [-0.25, -0.2) is 4.79 Å². The van der Waals surface area contributed by atoms with Gasteiger partial charge >= 0.3 is 12.0 Å². The zero-order chi connectivity index (χ0) is 19.6. The van der Waals surface area contributed by atoms with Crippen LogP contribution < -0.4 is 9.64 Å². The Kier molecular flexibility index (Phi) is 5.83. The Balaban J connectivity index is 2.01. The summed E-state index contributed by atoms with van der Waals surface area (Å²) in [6, 6.07) is 3.69. The number of nitrogens with zero attached hydrogens (tertiary/aromatic N) is 4. The van der Waals surface area contributed by atoms with E-state index in [0.717, 1.165) is 24.3 Å². The van der Waals surface area contributed by atoms with Gasteiger partial charge in [0.25, 0.3) is 0 Å². The molecule has 0 spiro atoms. The van der Waals surface area contributed by atoms with Crippen LogP contribution in [-0.2, 0) is 9.53 Å². The third-order valence-electron chi connectivity index (χ3n) is 4.25. The number of hydrogen-bond donors (Lipinski definition) is 1. The Morgan fingerprint density at radius 2 is 2.19 bits per heavy atom. The third-order valence-corrected chi connectivity index (χ3v) is 5.48. The molecule has 1 N–H and O–H groups in total. The molecule has 1 atom stereocenters. The minimum absolute atomic E-state index is 0.0324. The van der Waals surface area contributed by atoms with Crippen molar-refractivity contribution in [3.63, 3.8) is 0 Å². The molecule has 0 saturated carbocycles. The summed E-state index contributed by atoms with van der Waals surface area (Å²) in [4.78, 5) is 27.5. The fraction of sp³-hybridized carbons (Fsp3) is 0.529. The molecule has 1 fully saturated rings. The fourth-order valence-corrected chi connectivity index (χ4v) is 3.78. The van der Waals surface area contributed by atoms with Gasteiger partial charge in [0.2, 0.25) is 11.5 Å². The summed E-state index contributed by atoms with van der Waals surface area (Å²) < 4.78 is 11.5. The second-order valence-corrected chi connectivity index (χ2v) is 8.42. The van der Waals surface area contributed by atoms with Crippen LogP contribution in [0.25, 0.3) is 10.7 Å². The van der Waals surface area contributed by atoms with Crippen molar-refractivity contribution in [3.05, 3.63) is 16.5 Å². The standard InChI is InChI=1S/C17H21ClN4O4S/c1-17(2,14(23)24)26-16-20-13(11-6-7-12(18)27-11)19-15(21-16)22-8-4-5-10(22)9-25-3/h6-7,10H,4-5,8-9H2,1-3H3,(H,23,24)/t10-/m0/s1. The summed E-state index contributed by atoms with van der Waals surface area (Å²) in [7, 11) is 1.66. The van der Waals surface area contributed by atoms with Gasteiger partial charge in [-0.15, -0.1) is 11.3 Å². The first kappa shape index (κ1) is 19.8. The van der Waals surface area contributed by atoms with Gasteiger partial charge in [-0.2, -0.15) is 15.0 Å². The van der Waals surface area contributed by atoms with E-state index in [1.165, 1.54) is 25.2 Å². The summed E-state index contributed by atoms with van der Waals surface area (Å²) >= 11 is 7.37. The number of aromatic nitrogens is 3. The first-order valence-electron chi connectivity index (χ1n) is 8.50. The lowest BCUT2D eigenvalue weighted by atomic mass is 10.1. The van der Waals surface area contributed by atoms with E-state index in [0.29, 0.717) is 22.7 Å². The average Bonchev–Trinajstić information content (AvgIpc) is 3.23. The number of carbonyl (C=O) groups is 1. The normalized spacial score (nSPS) is 17.3. The van der Waals surface area contributed by atoms with Crippen LogP contribution in [0.2, 0.25) is 4.34 Å². The van der Waals surface area contributed by atoms with Crippen LogP contribution in [0.3, 0.4) is 0 Å². The first-order valence-corrected chi connectivity index (χ1v) is 9.69. The number of anilines is 1. The highest BCUT2D eigenvalue weighted by Crippen LogP contribution is 2.32. The van der Waals surface area contributed by atoms with Gasteiger partial charge in [-0.1, -0.05) is 11.6 Å². The molecule has 2 aromatic heterocycles. The van der Waals surface area contributed by atoms with E-state index in [1.807, 2.05) is 11.0 Å². The summed E-state index contributed by atoms with van der Waals surface area (Å²) in [5.74, 6) is -0.264. The van der Waals surface area contributed by atoms with Gasteiger partial charge in [0.05, 0.1) is 21.9 Å². The van der Waals surface area contributed by atoms with Crippen LogP contribution in [-0.4, -0.2) is 57.9 Å². The molecule has 0 aromatic carbocycles. The highest BCUT2D eigenvalue weighted by atomic mass is 35.5. The van der Waals surface area contributed by atoms with Crippen molar-refractivity contribution in [2.75, 3.05) is 25.2 Å². The van der Waals surface area contributed by atoms with E-state index < -0.39 is 11.6 Å². The number of rotatable bonds is 7. The Morgan fingerprint density at radius 1 is 1.41 bits per heavy atom. The van der Waals surface area contributed by atoms with E-state index in [9.17, 15) is 9.90 Å². The van der Waals surface area contributed by atoms with Gasteiger partial charge in [0.15, 0.2) is 5.82 Å². The molecule has 0 radical (unpaired) electrons. The largest absolute Gasteiger partial charge is 0.478 e. The molecule has 0 unspecified atom stereocenters. The highest BCUT2D eigenvalue weighted by molar-refractivity contribution is 7.19. The molecule has 1 saturated heterocycles. The topological polar surface area (TPSA) is 97.7 Å². The molecule has 146 valence electrons. The monoisotopic (exact) mass is 412 g/mol. The van der Waals surface area contributed by atoms with Crippen molar-refractivity contribution in [3.8, 4) is 16.7 Å². The van der Waals surface area contributed by atoms with E-state index >= 15 is 0 Å². The van der Waals surface area contributed by atoms with Crippen LogP contribution in [0.4, 0.5) is 5.95 Å². The van der Waals surface area contributed by atoms with Crippen molar-refractivity contribution in [2.45, 2.75) is 38.3 Å². The summed E-state index contributed by atoms with van der Waals surface area (Å²) in [5.41, 5.74) is -1.47. The highest BCUT2D eigenvalue weighted by Gasteiger charge is 2.33. The molecule has 1 aliphatic rings. The maximum absolute atomic E-state index is 11.4. The van der Waals surface area contributed by atoms with Gasteiger partial charge < -0.3 is 19.5 Å². The van der Waals surface area contributed by atoms with Crippen molar-refractivity contribution < 1.29 is 19.4 Å². The molecule has 3 heterocycles. The maximum atomic E-state index is 11.4. The van der Waals surface area contributed by atoms with E-state index in [-0.39, 0.29) is 12.1 Å². The van der Waals surface area contributed by atoms with Crippen molar-refractivity contribution in [1.82, 2.24) is 15.0 Å². The lowest BCUT2D eigenvalue weighted by molar-refractivity contribution is -0.152. The molecular formula is C17H21ClN4O4S. The number of thiophene rings is 1. The van der Waals surface area contributed by atoms with Crippen molar-refractivity contribution in [1.29, 1.82) is 0 Å². The predicted octanol–water partition coefficient (Wildman–Crippen LogP) is 3.11. The predicted molar refractivity (Wildman–Crippen MR) is 103 cm³/mol. The quantitative estimate of drug-likeness (QED) is 0.740. The lowest BCUT2D eigenvalue weighted by Gasteiger charge is -2.25. The van der Waals surface area contributed by atoms with Gasteiger partial charge in [-0.05, 0) is 38.8 Å². The Labute approximate surface area is 166 Å². The lowest BCUT2D eigenvalue weighted by Crippen LogP contribution is -2.39. The summed E-state index contributed by atoms with van der Waals surface area (Å²) in [6.45, 7) is 4.24. The molecule has 2 aromatic rings.